The fourth-order valence-corrected chi connectivity index (χ4v) is 5.46. The molecule has 1 N–H and O–H groups in total. The number of rotatable bonds is 6. The van der Waals surface area contributed by atoms with Crippen molar-refractivity contribution in [1.82, 2.24) is 14.8 Å². The minimum Gasteiger partial charge on any atom is -0.497 e. The third-order valence-corrected chi connectivity index (χ3v) is 7.42. The first-order chi connectivity index (χ1) is 16.7. The van der Waals surface area contributed by atoms with E-state index in [0.29, 0.717) is 18.7 Å². The van der Waals surface area contributed by atoms with Crippen molar-refractivity contribution in [3.8, 4) is 16.3 Å². The number of hydrogen-bond donors (Lipinski definition) is 1. The van der Waals surface area contributed by atoms with Crippen LogP contribution in [0.5, 0.6) is 5.75 Å². The van der Waals surface area contributed by atoms with E-state index < -0.39 is 0 Å². The van der Waals surface area contributed by atoms with E-state index in [4.69, 9.17) is 9.72 Å². The molecular formula is C27H27N3O3S. The van der Waals surface area contributed by atoms with Gasteiger partial charge in [0.25, 0.3) is 5.91 Å². The number of ether oxygens (including phenoxy) is 1. The second-order valence-corrected chi connectivity index (χ2v) is 9.40. The van der Waals surface area contributed by atoms with E-state index in [1.807, 2.05) is 77.7 Å². The van der Waals surface area contributed by atoms with Crippen LogP contribution in [0.4, 0.5) is 0 Å². The Morgan fingerprint density at radius 1 is 1.03 bits per heavy atom. The Hall–Kier alpha value is -3.26. The van der Waals surface area contributed by atoms with Crippen LogP contribution in [0.2, 0.25) is 0 Å². The van der Waals surface area contributed by atoms with E-state index >= 15 is 0 Å². The van der Waals surface area contributed by atoms with E-state index in [9.17, 15) is 9.90 Å². The van der Waals surface area contributed by atoms with Gasteiger partial charge in [0.2, 0.25) is 0 Å². The zero-order valence-electron chi connectivity index (χ0n) is 19.1. The summed E-state index contributed by atoms with van der Waals surface area (Å²) in [6.45, 7) is 2.78. The average Bonchev–Trinajstić information content (AvgIpc) is 3.33. The van der Waals surface area contributed by atoms with Gasteiger partial charge in [-0.25, -0.2) is 4.98 Å². The molecule has 0 spiro atoms. The maximum absolute atomic E-state index is 13.3. The molecule has 0 bridgehead atoms. The average molecular weight is 474 g/mol. The maximum atomic E-state index is 13.3. The number of aliphatic hydroxyl groups excluding tert-OH is 1. The lowest BCUT2D eigenvalue weighted by Crippen LogP contribution is -2.50. The van der Waals surface area contributed by atoms with Gasteiger partial charge in [-0.1, -0.05) is 42.5 Å². The van der Waals surface area contributed by atoms with Crippen molar-refractivity contribution in [3.63, 3.8) is 0 Å². The Bertz CT molecular complexity index is 1280. The molecule has 1 unspecified atom stereocenters. The normalized spacial score (nSPS) is 15.4. The number of hydrogen-bond acceptors (Lipinski definition) is 6. The molecule has 7 heteroatoms. The van der Waals surface area contributed by atoms with Gasteiger partial charge in [-0.05, 0) is 35.9 Å². The van der Waals surface area contributed by atoms with Crippen LogP contribution in [0.3, 0.4) is 0 Å². The van der Waals surface area contributed by atoms with Crippen LogP contribution < -0.4 is 4.74 Å². The van der Waals surface area contributed by atoms with Crippen molar-refractivity contribution in [2.24, 2.45) is 0 Å². The molecule has 1 fully saturated rings. The highest BCUT2D eigenvalue weighted by Crippen LogP contribution is 2.33. The number of amides is 1. The first-order valence-corrected chi connectivity index (χ1v) is 12.2. The molecule has 174 valence electrons. The van der Waals surface area contributed by atoms with Crippen molar-refractivity contribution in [3.05, 3.63) is 83.9 Å². The summed E-state index contributed by atoms with van der Waals surface area (Å²) in [5.74, 6) is 0.839. The molecule has 0 aliphatic carbocycles. The van der Waals surface area contributed by atoms with Crippen LogP contribution in [0.25, 0.3) is 20.8 Å². The van der Waals surface area contributed by atoms with E-state index in [1.165, 1.54) is 0 Å². The minimum atomic E-state index is -0.0422. The number of fused-ring (bicyclic) bond motifs is 1. The number of aliphatic hydroxyl groups is 1. The molecule has 1 aliphatic rings. The molecule has 4 aromatic rings. The van der Waals surface area contributed by atoms with Gasteiger partial charge in [-0.3, -0.25) is 9.69 Å². The molecule has 6 nitrogen and oxygen atoms in total. The highest BCUT2D eigenvalue weighted by atomic mass is 32.1. The fraction of sp³-hybridized carbons (Fsp3) is 0.259. The minimum absolute atomic E-state index is 0.0320. The molecule has 0 saturated carbocycles. The van der Waals surface area contributed by atoms with E-state index in [2.05, 4.69) is 4.90 Å². The Morgan fingerprint density at radius 3 is 2.56 bits per heavy atom. The van der Waals surface area contributed by atoms with Crippen molar-refractivity contribution in [2.45, 2.75) is 6.04 Å². The predicted octanol–water partition coefficient (Wildman–Crippen LogP) is 4.46. The lowest BCUT2D eigenvalue weighted by Gasteiger charge is -2.39. The molecule has 34 heavy (non-hydrogen) atoms. The summed E-state index contributed by atoms with van der Waals surface area (Å²) < 4.78 is 6.38. The zero-order valence-corrected chi connectivity index (χ0v) is 19.9. The number of carbonyl (C=O) groups excluding carboxylic acids is 1. The second kappa shape index (κ2) is 9.93. The van der Waals surface area contributed by atoms with Crippen LogP contribution in [-0.4, -0.2) is 65.7 Å². The molecule has 3 aromatic carbocycles. The summed E-state index contributed by atoms with van der Waals surface area (Å²) in [7, 11) is 1.66. The molecule has 1 atom stereocenters. The van der Waals surface area contributed by atoms with Gasteiger partial charge >= 0.3 is 0 Å². The molecule has 1 aromatic heterocycles. The third-order valence-electron chi connectivity index (χ3n) is 6.35. The number of benzene rings is 3. The largest absolute Gasteiger partial charge is 0.497 e. The Kier molecular flexibility index (Phi) is 6.58. The number of carbonyl (C=O) groups is 1. The second-order valence-electron chi connectivity index (χ2n) is 8.37. The third kappa shape index (κ3) is 4.55. The van der Waals surface area contributed by atoms with Gasteiger partial charge in [-0.15, -0.1) is 11.3 Å². The Balaban J connectivity index is 1.29. The van der Waals surface area contributed by atoms with Crippen LogP contribution in [-0.2, 0) is 0 Å². The van der Waals surface area contributed by atoms with Crippen LogP contribution >= 0.6 is 11.3 Å². The summed E-state index contributed by atoms with van der Waals surface area (Å²) in [4.78, 5) is 22.2. The predicted molar refractivity (Wildman–Crippen MR) is 135 cm³/mol. The monoisotopic (exact) mass is 473 g/mol. The number of thiazole rings is 1. The highest BCUT2D eigenvalue weighted by Gasteiger charge is 2.27. The van der Waals surface area contributed by atoms with Crippen LogP contribution in [0, 0.1) is 0 Å². The van der Waals surface area contributed by atoms with E-state index in [1.54, 1.807) is 18.4 Å². The summed E-state index contributed by atoms with van der Waals surface area (Å²) in [6.07, 6.45) is 0. The van der Waals surface area contributed by atoms with Crippen LogP contribution in [0.1, 0.15) is 22.0 Å². The molecular weight excluding hydrogens is 446 g/mol. The van der Waals surface area contributed by atoms with Gasteiger partial charge in [0.05, 0.1) is 30.0 Å². The lowest BCUT2D eigenvalue weighted by atomic mass is 10.0. The summed E-state index contributed by atoms with van der Waals surface area (Å²) in [5, 5.41) is 10.9. The molecule has 5 rings (SSSR count). The quantitative estimate of drug-likeness (QED) is 0.448. The first-order valence-electron chi connectivity index (χ1n) is 11.4. The smallest absolute Gasteiger partial charge is 0.253 e. The van der Waals surface area contributed by atoms with Gasteiger partial charge < -0.3 is 14.7 Å². The van der Waals surface area contributed by atoms with Gasteiger partial charge in [0, 0.05) is 37.3 Å². The van der Waals surface area contributed by atoms with Crippen LogP contribution in [0.15, 0.2) is 72.8 Å². The van der Waals surface area contributed by atoms with E-state index in [-0.39, 0.29) is 18.6 Å². The molecule has 2 heterocycles. The van der Waals surface area contributed by atoms with Crippen molar-refractivity contribution in [2.75, 3.05) is 39.9 Å². The first kappa shape index (κ1) is 22.5. The highest BCUT2D eigenvalue weighted by molar-refractivity contribution is 7.21. The molecule has 1 amide bonds. The standard InChI is InChI=1S/C27H27N3O3S/c1-33-22-10-11-23-25(17-22)34-26(28-23)20-8-5-9-21(16-20)27(32)30-14-12-29(13-15-30)24(18-31)19-6-3-2-4-7-19/h2-11,16-17,24,31H,12-15,18H2,1H3. The Labute approximate surface area is 203 Å². The molecule has 1 aliphatic heterocycles. The van der Waals surface area contributed by atoms with Gasteiger partial charge in [0.1, 0.15) is 10.8 Å². The lowest BCUT2D eigenvalue weighted by molar-refractivity contribution is 0.0477. The summed E-state index contributed by atoms with van der Waals surface area (Å²) in [6, 6.07) is 23.6. The number of aromatic nitrogens is 1. The van der Waals surface area contributed by atoms with Gasteiger partial charge in [-0.2, -0.15) is 0 Å². The maximum Gasteiger partial charge on any atom is 0.253 e. The molecule has 1 saturated heterocycles. The SMILES string of the molecule is COc1ccc2nc(-c3cccc(C(=O)N4CCN(C(CO)c5ccccc5)CC4)c3)sc2c1. The number of nitrogens with zero attached hydrogens (tertiary/aromatic N) is 3. The molecule has 0 radical (unpaired) electrons. The van der Waals surface area contributed by atoms with E-state index in [0.717, 1.165) is 45.2 Å². The fourth-order valence-electron chi connectivity index (χ4n) is 4.47. The van der Waals surface area contributed by atoms with Gasteiger partial charge in [0.15, 0.2) is 0 Å². The van der Waals surface area contributed by atoms with Crippen molar-refractivity contribution in [1.29, 1.82) is 0 Å². The summed E-state index contributed by atoms with van der Waals surface area (Å²) in [5.41, 5.74) is 3.63. The zero-order chi connectivity index (χ0) is 23.5. The summed E-state index contributed by atoms with van der Waals surface area (Å²) >= 11 is 1.59. The number of methoxy groups -OCH3 is 1. The Morgan fingerprint density at radius 2 is 1.82 bits per heavy atom. The number of piperazine rings is 1. The van der Waals surface area contributed by atoms with Crippen molar-refractivity contribution >= 4 is 27.5 Å². The van der Waals surface area contributed by atoms with Crippen molar-refractivity contribution < 1.29 is 14.6 Å². The topological polar surface area (TPSA) is 65.9 Å².